The van der Waals surface area contributed by atoms with E-state index in [0.29, 0.717) is 17.1 Å². The lowest BCUT2D eigenvalue weighted by molar-refractivity contribution is 0.251. The second-order valence-electron chi connectivity index (χ2n) is 8.52. The minimum absolute atomic E-state index is 0.0232. The van der Waals surface area contributed by atoms with E-state index in [0.717, 1.165) is 5.69 Å². The molecular formula is C20H30N4O3. The summed E-state index contributed by atoms with van der Waals surface area (Å²) >= 11 is 0. The van der Waals surface area contributed by atoms with E-state index in [9.17, 15) is 9.90 Å². The smallest absolute Gasteiger partial charge is 0.320 e. The van der Waals surface area contributed by atoms with Crippen LogP contribution in [0.15, 0.2) is 24.3 Å². The second kappa shape index (κ2) is 7.50. The predicted molar refractivity (Wildman–Crippen MR) is 106 cm³/mol. The number of urea groups is 1. The Balaban J connectivity index is 2.15. The van der Waals surface area contributed by atoms with Crippen molar-refractivity contribution in [1.29, 1.82) is 0 Å². The van der Waals surface area contributed by atoms with Crippen molar-refractivity contribution in [1.82, 2.24) is 15.1 Å². The number of phenols is 1. The molecule has 2 aromatic rings. The maximum Gasteiger partial charge on any atom is 0.320 e. The molecular weight excluding hydrogens is 344 g/mol. The molecule has 3 N–H and O–H groups in total. The van der Waals surface area contributed by atoms with Crippen molar-refractivity contribution in [3.05, 3.63) is 35.5 Å². The quantitative estimate of drug-likeness (QED) is 0.755. The maximum atomic E-state index is 12.4. The van der Waals surface area contributed by atoms with E-state index in [1.54, 1.807) is 18.2 Å². The zero-order valence-electron chi connectivity index (χ0n) is 17.2. The van der Waals surface area contributed by atoms with Gasteiger partial charge in [-0.25, -0.2) is 9.48 Å². The van der Waals surface area contributed by atoms with Crippen molar-refractivity contribution in [2.75, 3.05) is 12.4 Å². The number of aromatic hydroxyl groups is 1. The van der Waals surface area contributed by atoms with Gasteiger partial charge in [0.05, 0.1) is 18.3 Å². The predicted octanol–water partition coefficient (Wildman–Crippen LogP) is 3.97. The number of methoxy groups -OCH3 is 1. The van der Waals surface area contributed by atoms with Crippen LogP contribution in [0.5, 0.6) is 11.5 Å². The standard InChI is InChI=1S/C20H30N4O3/c1-19(2,3)15-11-16(24(23-15)20(4,5)6)22-18(26)21-12-13-9-8-10-14(27-7)17(13)25/h8-11,25H,12H2,1-7H3,(H2,21,22,26). The molecule has 1 aromatic heterocycles. The number of phenolic OH excluding ortho intramolecular Hbond substituents is 1. The summed E-state index contributed by atoms with van der Waals surface area (Å²) in [5.74, 6) is 1.02. The Hall–Kier alpha value is -2.70. The number of nitrogens with one attached hydrogen (secondary N) is 2. The highest BCUT2D eigenvalue weighted by molar-refractivity contribution is 5.88. The molecule has 2 rings (SSSR count). The number of hydrogen-bond donors (Lipinski definition) is 3. The molecule has 0 aliphatic heterocycles. The van der Waals surface area contributed by atoms with E-state index in [2.05, 4.69) is 36.5 Å². The average Bonchev–Trinajstić information content (AvgIpc) is 2.98. The zero-order chi connectivity index (χ0) is 20.4. The molecule has 0 aliphatic carbocycles. The van der Waals surface area contributed by atoms with Gasteiger partial charge in [0.1, 0.15) is 5.82 Å². The van der Waals surface area contributed by atoms with Crippen LogP contribution in [0.3, 0.4) is 0 Å². The lowest BCUT2D eigenvalue weighted by Gasteiger charge is -2.23. The fourth-order valence-electron chi connectivity index (χ4n) is 2.56. The SMILES string of the molecule is COc1cccc(CNC(=O)Nc2cc(C(C)(C)C)nn2C(C)(C)C)c1O. The molecule has 0 unspecified atom stereocenters. The summed E-state index contributed by atoms with van der Waals surface area (Å²) < 4.78 is 6.90. The lowest BCUT2D eigenvalue weighted by atomic mass is 9.92. The molecule has 7 heteroatoms. The molecule has 0 spiro atoms. The molecule has 7 nitrogen and oxygen atoms in total. The average molecular weight is 374 g/mol. The summed E-state index contributed by atoms with van der Waals surface area (Å²) in [6.07, 6.45) is 0. The number of aromatic nitrogens is 2. The Morgan fingerprint density at radius 3 is 2.44 bits per heavy atom. The summed E-state index contributed by atoms with van der Waals surface area (Å²) in [4.78, 5) is 12.4. The minimum Gasteiger partial charge on any atom is -0.504 e. The first kappa shape index (κ1) is 20.6. The molecule has 0 aliphatic rings. The molecule has 0 saturated heterocycles. The van der Waals surface area contributed by atoms with Crippen LogP contribution in [0.1, 0.15) is 52.8 Å². The van der Waals surface area contributed by atoms with Gasteiger partial charge in [0.15, 0.2) is 11.5 Å². The molecule has 27 heavy (non-hydrogen) atoms. The highest BCUT2D eigenvalue weighted by Gasteiger charge is 2.25. The van der Waals surface area contributed by atoms with Gasteiger partial charge >= 0.3 is 6.03 Å². The molecule has 0 fully saturated rings. The largest absolute Gasteiger partial charge is 0.504 e. The first-order valence-corrected chi connectivity index (χ1v) is 8.94. The zero-order valence-corrected chi connectivity index (χ0v) is 17.2. The van der Waals surface area contributed by atoms with E-state index in [-0.39, 0.29) is 29.3 Å². The van der Waals surface area contributed by atoms with Gasteiger partial charge < -0.3 is 15.2 Å². The van der Waals surface area contributed by atoms with Crippen molar-refractivity contribution in [3.8, 4) is 11.5 Å². The van der Waals surface area contributed by atoms with Crippen LogP contribution in [-0.2, 0) is 17.5 Å². The van der Waals surface area contributed by atoms with Gasteiger partial charge in [-0.1, -0.05) is 32.9 Å². The molecule has 0 saturated carbocycles. The fourth-order valence-corrected chi connectivity index (χ4v) is 2.56. The van der Waals surface area contributed by atoms with Gasteiger partial charge in [-0.15, -0.1) is 0 Å². The second-order valence-corrected chi connectivity index (χ2v) is 8.52. The third-order valence-electron chi connectivity index (χ3n) is 4.10. The number of carbonyl (C=O) groups is 1. The molecule has 1 aromatic carbocycles. The molecule has 1 heterocycles. The van der Waals surface area contributed by atoms with Crippen molar-refractivity contribution >= 4 is 11.8 Å². The Morgan fingerprint density at radius 1 is 1.22 bits per heavy atom. The molecule has 0 atom stereocenters. The summed E-state index contributed by atoms with van der Waals surface area (Å²) in [6, 6.07) is 6.68. The van der Waals surface area contributed by atoms with Gasteiger partial charge in [-0.3, -0.25) is 5.32 Å². The summed E-state index contributed by atoms with van der Waals surface area (Å²) in [5, 5.41) is 20.4. The maximum absolute atomic E-state index is 12.4. The summed E-state index contributed by atoms with van der Waals surface area (Å²) in [6.45, 7) is 12.5. The van der Waals surface area contributed by atoms with Gasteiger partial charge in [-0.05, 0) is 26.8 Å². The number of amides is 2. The summed E-state index contributed by atoms with van der Waals surface area (Å²) in [5.41, 5.74) is 1.06. The normalized spacial score (nSPS) is 12.0. The van der Waals surface area contributed by atoms with Crippen LogP contribution in [-0.4, -0.2) is 28.0 Å². The first-order chi connectivity index (χ1) is 12.4. The van der Waals surface area contributed by atoms with E-state index >= 15 is 0 Å². The van der Waals surface area contributed by atoms with Gasteiger partial charge in [-0.2, -0.15) is 5.10 Å². The van der Waals surface area contributed by atoms with Crippen LogP contribution in [0.25, 0.3) is 0 Å². The molecule has 0 bridgehead atoms. The third-order valence-corrected chi connectivity index (χ3v) is 4.10. The van der Waals surface area contributed by atoms with Gasteiger partial charge in [0.25, 0.3) is 0 Å². The number of carbonyl (C=O) groups excluding carboxylic acids is 1. The highest BCUT2D eigenvalue weighted by atomic mass is 16.5. The highest BCUT2D eigenvalue weighted by Crippen LogP contribution is 2.30. The molecule has 0 radical (unpaired) electrons. The van der Waals surface area contributed by atoms with E-state index in [4.69, 9.17) is 4.74 Å². The van der Waals surface area contributed by atoms with Crippen LogP contribution >= 0.6 is 0 Å². The van der Waals surface area contributed by atoms with Crippen LogP contribution < -0.4 is 15.4 Å². The fraction of sp³-hybridized carbons (Fsp3) is 0.500. The Bertz CT molecular complexity index is 814. The molecule has 2 amide bonds. The number of anilines is 1. The van der Waals surface area contributed by atoms with Gasteiger partial charge in [0, 0.05) is 23.6 Å². The van der Waals surface area contributed by atoms with E-state index in [1.807, 2.05) is 31.5 Å². The topological polar surface area (TPSA) is 88.4 Å². The van der Waals surface area contributed by atoms with Crippen molar-refractivity contribution in [2.24, 2.45) is 0 Å². The number of nitrogens with zero attached hydrogens (tertiary/aromatic N) is 2. The van der Waals surface area contributed by atoms with Crippen LogP contribution in [0.2, 0.25) is 0 Å². The number of benzene rings is 1. The summed E-state index contributed by atoms with van der Waals surface area (Å²) in [7, 11) is 1.49. The van der Waals surface area contributed by atoms with E-state index in [1.165, 1.54) is 7.11 Å². The van der Waals surface area contributed by atoms with Gasteiger partial charge in [0.2, 0.25) is 0 Å². The monoisotopic (exact) mass is 374 g/mol. The van der Waals surface area contributed by atoms with Crippen LogP contribution in [0.4, 0.5) is 10.6 Å². The third kappa shape index (κ3) is 4.93. The molecule has 148 valence electrons. The van der Waals surface area contributed by atoms with Crippen molar-refractivity contribution < 1.29 is 14.6 Å². The first-order valence-electron chi connectivity index (χ1n) is 8.94. The van der Waals surface area contributed by atoms with E-state index < -0.39 is 0 Å². The number of ether oxygens (including phenoxy) is 1. The number of rotatable bonds is 4. The number of hydrogen-bond acceptors (Lipinski definition) is 4. The Kier molecular flexibility index (Phi) is 5.73. The Labute approximate surface area is 160 Å². The van der Waals surface area contributed by atoms with Crippen molar-refractivity contribution in [2.45, 2.75) is 59.0 Å². The van der Waals surface area contributed by atoms with Crippen LogP contribution in [0, 0.1) is 0 Å². The van der Waals surface area contributed by atoms with Crippen molar-refractivity contribution in [3.63, 3.8) is 0 Å². The lowest BCUT2D eigenvalue weighted by Crippen LogP contribution is -2.32. The minimum atomic E-state index is -0.372. The number of para-hydroxylation sites is 1. The Morgan fingerprint density at radius 2 is 1.89 bits per heavy atom.